The average Bonchev–Trinajstić information content (AvgIpc) is 3.10. The van der Waals surface area contributed by atoms with Crippen molar-refractivity contribution < 1.29 is 14.4 Å². The SMILES string of the molecule is CCNC(=O)N1CCC2(C1)C(=O)N(C(C)C)CC(=O)N2Cc1ccc(Cl)cc1. The van der Waals surface area contributed by atoms with E-state index in [4.69, 9.17) is 11.6 Å². The van der Waals surface area contributed by atoms with Crippen LogP contribution in [0.25, 0.3) is 0 Å². The van der Waals surface area contributed by atoms with Gasteiger partial charge in [-0.25, -0.2) is 4.79 Å². The van der Waals surface area contributed by atoms with Crippen LogP contribution in [0.3, 0.4) is 0 Å². The molecule has 0 aromatic heterocycles. The summed E-state index contributed by atoms with van der Waals surface area (Å²) in [5, 5.41) is 3.40. The second-order valence-electron chi connectivity index (χ2n) is 7.67. The van der Waals surface area contributed by atoms with Gasteiger partial charge < -0.3 is 20.0 Å². The molecule has 8 heteroatoms. The number of halogens is 1. The number of nitrogens with zero attached hydrogens (tertiary/aromatic N) is 3. The number of urea groups is 1. The summed E-state index contributed by atoms with van der Waals surface area (Å²) < 4.78 is 0. The molecular formula is C20H27ClN4O3. The van der Waals surface area contributed by atoms with Crippen molar-refractivity contribution in [1.82, 2.24) is 20.0 Å². The van der Waals surface area contributed by atoms with Gasteiger partial charge in [-0.1, -0.05) is 23.7 Å². The van der Waals surface area contributed by atoms with Crippen molar-refractivity contribution in [2.24, 2.45) is 0 Å². The summed E-state index contributed by atoms with van der Waals surface area (Å²) in [6.07, 6.45) is 0.436. The van der Waals surface area contributed by atoms with Gasteiger partial charge in [-0.15, -0.1) is 0 Å². The minimum absolute atomic E-state index is 0.0625. The molecular weight excluding hydrogens is 380 g/mol. The normalized spacial score (nSPS) is 22.5. The van der Waals surface area contributed by atoms with E-state index >= 15 is 0 Å². The summed E-state index contributed by atoms with van der Waals surface area (Å²) >= 11 is 5.97. The van der Waals surface area contributed by atoms with E-state index in [-0.39, 0.29) is 37.0 Å². The van der Waals surface area contributed by atoms with Crippen molar-refractivity contribution >= 4 is 29.4 Å². The van der Waals surface area contributed by atoms with Gasteiger partial charge >= 0.3 is 6.03 Å². The van der Waals surface area contributed by atoms with Crippen LogP contribution in [0.5, 0.6) is 0 Å². The molecule has 0 saturated carbocycles. The van der Waals surface area contributed by atoms with Crippen LogP contribution in [0.4, 0.5) is 4.79 Å². The Labute approximate surface area is 170 Å². The Morgan fingerprint density at radius 2 is 1.93 bits per heavy atom. The Morgan fingerprint density at radius 1 is 1.25 bits per heavy atom. The van der Waals surface area contributed by atoms with Crippen molar-refractivity contribution in [2.45, 2.75) is 45.3 Å². The number of benzene rings is 1. The summed E-state index contributed by atoms with van der Waals surface area (Å²) in [7, 11) is 0. The zero-order valence-corrected chi connectivity index (χ0v) is 17.3. The molecule has 2 heterocycles. The molecule has 152 valence electrons. The first-order chi connectivity index (χ1) is 13.3. The smallest absolute Gasteiger partial charge is 0.317 e. The molecule has 2 saturated heterocycles. The first kappa shape index (κ1) is 20.5. The number of carbonyl (C=O) groups is 3. The molecule has 1 aromatic rings. The van der Waals surface area contributed by atoms with Crippen LogP contribution in [-0.2, 0) is 16.1 Å². The summed E-state index contributed by atoms with van der Waals surface area (Å²) in [5.41, 5.74) is -0.121. The lowest BCUT2D eigenvalue weighted by atomic mass is 9.89. The lowest BCUT2D eigenvalue weighted by molar-refractivity contribution is -0.166. The van der Waals surface area contributed by atoms with E-state index in [1.54, 1.807) is 26.8 Å². The van der Waals surface area contributed by atoms with Crippen LogP contribution in [0.1, 0.15) is 32.8 Å². The number of piperazine rings is 1. The van der Waals surface area contributed by atoms with Gasteiger partial charge in [-0.2, -0.15) is 0 Å². The first-order valence-corrected chi connectivity index (χ1v) is 10.0. The number of amides is 4. The predicted octanol–water partition coefficient (Wildman–Crippen LogP) is 2.09. The van der Waals surface area contributed by atoms with E-state index in [1.807, 2.05) is 32.9 Å². The zero-order valence-electron chi connectivity index (χ0n) is 16.6. The molecule has 3 rings (SSSR count). The molecule has 1 N–H and O–H groups in total. The fraction of sp³-hybridized carbons (Fsp3) is 0.550. The number of carbonyl (C=O) groups excluding carboxylic acids is 3. The first-order valence-electron chi connectivity index (χ1n) is 9.67. The number of rotatable bonds is 4. The van der Waals surface area contributed by atoms with Crippen molar-refractivity contribution in [3.05, 3.63) is 34.9 Å². The Morgan fingerprint density at radius 3 is 2.54 bits per heavy atom. The van der Waals surface area contributed by atoms with Gasteiger partial charge in [0.15, 0.2) is 0 Å². The molecule has 1 atom stereocenters. The van der Waals surface area contributed by atoms with Crippen molar-refractivity contribution in [2.75, 3.05) is 26.2 Å². The molecule has 0 aliphatic carbocycles. The van der Waals surface area contributed by atoms with Gasteiger partial charge in [0.1, 0.15) is 12.1 Å². The Kier molecular flexibility index (Phi) is 5.84. The van der Waals surface area contributed by atoms with Gasteiger partial charge in [0.25, 0.3) is 5.91 Å². The minimum Gasteiger partial charge on any atom is -0.338 e. The summed E-state index contributed by atoms with van der Waals surface area (Å²) in [6, 6.07) is 6.99. The standard InChI is InChI=1S/C20H27ClN4O3/c1-4-22-19(28)23-10-9-20(13-23)18(27)24(14(2)3)12-17(26)25(20)11-15-5-7-16(21)8-6-15/h5-8,14H,4,9-13H2,1-3H3,(H,22,28). The molecule has 1 aromatic carbocycles. The number of likely N-dealkylation sites (tertiary alicyclic amines) is 1. The number of hydrogen-bond acceptors (Lipinski definition) is 3. The summed E-state index contributed by atoms with van der Waals surface area (Å²) in [6.45, 7) is 7.21. The van der Waals surface area contributed by atoms with Crippen LogP contribution in [0.15, 0.2) is 24.3 Å². The minimum atomic E-state index is -1.02. The van der Waals surface area contributed by atoms with Crippen molar-refractivity contribution in [3.63, 3.8) is 0 Å². The third-order valence-corrected chi connectivity index (χ3v) is 5.77. The fourth-order valence-electron chi connectivity index (χ4n) is 3.98. The van der Waals surface area contributed by atoms with Gasteiger partial charge in [-0.05, 0) is 44.9 Å². The second-order valence-corrected chi connectivity index (χ2v) is 8.11. The summed E-state index contributed by atoms with van der Waals surface area (Å²) in [4.78, 5) is 43.8. The van der Waals surface area contributed by atoms with E-state index in [0.29, 0.717) is 31.1 Å². The van der Waals surface area contributed by atoms with Crippen LogP contribution in [0, 0.1) is 0 Å². The van der Waals surface area contributed by atoms with Gasteiger partial charge in [0.05, 0.1) is 6.54 Å². The highest BCUT2D eigenvalue weighted by Crippen LogP contribution is 2.35. The third-order valence-electron chi connectivity index (χ3n) is 5.52. The fourth-order valence-corrected chi connectivity index (χ4v) is 4.10. The van der Waals surface area contributed by atoms with Crippen molar-refractivity contribution in [3.8, 4) is 0 Å². The largest absolute Gasteiger partial charge is 0.338 e. The Bertz CT molecular complexity index is 767. The van der Waals surface area contributed by atoms with Crippen LogP contribution < -0.4 is 5.32 Å². The maximum Gasteiger partial charge on any atom is 0.317 e. The molecule has 1 unspecified atom stereocenters. The molecule has 28 heavy (non-hydrogen) atoms. The predicted molar refractivity (Wildman–Crippen MR) is 107 cm³/mol. The Balaban J connectivity index is 1.93. The second kappa shape index (κ2) is 7.99. The number of hydrogen-bond donors (Lipinski definition) is 1. The molecule has 2 aliphatic rings. The number of nitrogens with one attached hydrogen (secondary N) is 1. The molecule has 2 fully saturated rings. The van der Waals surface area contributed by atoms with E-state index in [1.165, 1.54) is 0 Å². The van der Waals surface area contributed by atoms with Gasteiger partial charge in [0.2, 0.25) is 5.91 Å². The summed E-state index contributed by atoms with van der Waals surface area (Å²) in [5.74, 6) is -0.177. The maximum atomic E-state index is 13.5. The van der Waals surface area contributed by atoms with Crippen molar-refractivity contribution in [1.29, 1.82) is 0 Å². The molecule has 4 amide bonds. The lowest BCUT2D eigenvalue weighted by Crippen LogP contribution is -2.70. The van der Waals surface area contributed by atoms with E-state index in [0.717, 1.165) is 5.56 Å². The van der Waals surface area contributed by atoms with Gasteiger partial charge in [0, 0.05) is 30.7 Å². The third kappa shape index (κ3) is 3.68. The van der Waals surface area contributed by atoms with E-state index in [2.05, 4.69) is 5.32 Å². The highest BCUT2D eigenvalue weighted by atomic mass is 35.5. The highest BCUT2D eigenvalue weighted by molar-refractivity contribution is 6.30. The monoisotopic (exact) mass is 406 g/mol. The quantitative estimate of drug-likeness (QED) is 0.832. The average molecular weight is 407 g/mol. The zero-order chi connectivity index (χ0) is 20.5. The molecule has 2 aliphatic heterocycles. The van der Waals surface area contributed by atoms with Crippen LogP contribution in [0.2, 0.25) is 5.02 Å². The lowest BCUT2D eigenvalue weighted by Gasteiger charge is -2.48. The molecule has 7 nitrogen and oxygen atoms in total. The molecule has 1 spiro atoms. The maximum absolute atomic E-state index is 13.5. The van der Waals surface area contributed by atoms with E-state index in [9.17, 15) is 14.4 Å². The van der Waals surface area contributed by atoms with Crippen LogP contribution in [-0.4, -0.2) is 70.3 Å². The van der Waals surface area contributed by atoms with Crippen LogP contribution >= 0.6 is 11.6 Å². The highest BCUT2D eigenvalue weighted by Gasteiger charge is 2.56. The molecule has 0 bridgehead atoms. The Hall–Kier alpha value is -2.28. The topological polar surface area (TPSA) is 73.0 Å². The van der Waals surface area contributed by atoms with E-state index < -0.39 is 5.54 Å². The molecule has 0 radical (unpaired) electrons. The van der Waals surface area contributed by atoms with Gasteiger partial charge in [-0.3, -0.25) is 9.59 Å².